The molecule has 1 aliphatic rings. The van der Waals surface area contributed by atoms with Crippen LogP contribution in [0, 0.1) is 5.82 Å². The van der Waals surface area contributed by atoms with Crippen LogP contribution in [-0.4, -0.2) is 18.2 Å². The summed E-state index contributed by atoms with van der Waals surface area (Å²) in [6.45, 7) is 1.53. The lowest BCUT2D eigenvalue weighted by molar-refractivity contribution is -0.0124. The predicted octanol–water partition coefficient (Wildman–Crippen LogP) is 2.14. The number of benzene rings is 1. The molecule has 0 radical (unpaired) electrons. The number of nitrogens with one attached hydrogen (secondary N) is 1. The maximum Gasteiger partial charge on any atom is 0.136 e. The topological polar surface area (TPSA) is 45.4 Å². The average Bonchev–Trinajstić information content (AvgIpc) is 2.73. The van der Waals surface area contributed by atoms with Crippen LogP contribution in [0.25, 0.3) is 11.0 Å². The van der Waals surface area contributed by atoms with E-state index in [-0.39, 0.29) is 5.82 Å². The van der Waals surface area contributed by atoms with Crippen LogP contribution in [0.3, 0.4) is 0 Å². The molecule has 4 heteroatoms. The highest BCUT2D eigenvalue weighted by Gasteiger charge is 2.34. The standard InChI is InChI=1S/C13H14FNO2/c14-10-1-2-11-9(7-10)8-12(17-11)13(16)3-5-15-6-4-13/h1-2,7-8,15-16H,3-6H2. The summed E-state index contributed by atoms with van der Waals surface area (Å²) >= 11 is 0. The van der Waals surface area contributed by atoms with Crippen LogP contribution in [0.1, 0.15) is 18.6 Å². The van der Waals surface area contributed by atoms with Gasteiger partial charge in [0.05, 0.1) is 0 Å². The van der Waals surface area contributed by atoms with E-state index in [0.29, 0.717) is 29.6 Å². The normalized spacial score (nSPS) is 19.6. The molecule has 0 saturated carbocycles. The molecule has 1 fully saturated rings. The Bertz CT molecular complexity index is 543. The van der Waals surface area contributed by atoms with Crippen LogP contribution in [0.2, 0.25) is 0 Å². The van der Waals surface area contributed by atoms with Crippen LogP contribution in [0.15, 0.2) is 28.7 Å². The van der Waals surface area contributed by atoms with Gasteiger partial charge >= 0.3 is 0 Å². The zero-order chi connectivity index (χ0) is 11.9. The number of piperidine rings is 1. The maximum atomic E-state index is 13.1. The van der Waals surface area contributed by atoms with Crippen molar-refractivity contribution in [2.45, 2.75) is 18.4 Å². The van der Waals surface area contributed by atoms with E-state index in [9.17, 15) is 9.50 Å². The lowest BCUT2D eigenvalue weighted by Gasteiger charge is -2.30. The molecule has 0 amide bonds. The third-order valence-electron chi connectivity index (χ3n) is 3.37. The fourth-order valence-electron chi connectivity index (χ4n) is 2.33. The Balaban J connectivity index is 2.05. The lowest BCUT2D eigenvalue weighted by Crippen LogP contribution is -2.39. The van der Waals surface area contributed by atoms with Gasteiger partial charge in [0.1, 0.15) is 22.8 Å². The molecule has 1 aromatic carbocycles. The molecule has 3 nitrogen and oxygen atoms in total. The first-order chi connectivity index (χ1) is 8.17. The van der Waals surface area contributed by atoms with Crippen molar-refractivity contribution in [3.8, 4) is 0 Å². The van der Waals surface area contributed by atoms with E-state index in [4.69, 9.17) is 4.42 Å². The number of rotatable bonds is 1. The average molecular weight is 235 g/mol. The van der Waals surface area contributed by atoms with Gasteiger partial charge in [-0.2, -0.15) is 0 Å². The molecule has 2 aromatic rings. The Morgan fingerprint density at radius 1 is 1.24 bits per heavy atom. The first-order valence-corrected chi connectivity index (χ1v) is 5.80. The SMILES string of the molecule is OC1(c2cc3cc(F)ccc3o2)CCNCC1. The molecule has 90 valence electrons. The fourth-order valence-corrected chi connectivity index (χ4v) is 2.33. The molecule has 1 saturated heterocycles. The predicted molar refractivity (Wildman–Crippen MR) is 62.2 cm³/mol. The van der Waals surface area contributed by atoms with Gasteiger partial charge in [-0.1, -0.05) is 0 Å². The molecule has 1 aliphatic heterocycles. The summed E-state index contributed by atoms with van der Waals surface area (Å²) in [5.74, 6) is 0.252. The van der Waals surface area contributed by atoms with Crippen molar-refractivity contribution in [3.05, 3.63) is 35.8 Å². The molecule has 2 heterocycles. The number of aliphatic hydroxyl groups is 1. The van der Waals surface area contributed by atoms with Crippen LogP contribution >= 0.6 is 0 Å². The zero-order valence-electron chi connectivity index (χ0n) is 9.37. The van der Waals surface area contributed by atoms with E-state index >= 15 is 0 Å². The molecular formula is C13H14FNO2. The van der Waals surface area contributed by atoms with E-state index in [1.165, 1.54) is 12.1 Å². The first-order valence-electron chi connectivity index (χ1n) is 5.80. The van der Waals surface area contributed by atoms with Crippen molar-refractivity contribution in [1.29, 1.82) is 0 Å². The summed E-state index contributed by atoms with van der Waals surface area (Å²) in [5, 5.41) is 14.4. The number of halogens is 1. The molecule has 0 unspecified atom stereocenters. The Hall–Kier alpha value is -1.39. The molecule has 0 aliphatic carbocycles. The van der Waals surface area contributed by atoms with Crippen molar-refractivity contribution in [2.24, 2.45) is 0 Å². The Kier molecular flexibility index (Phi) is 2.42. The van der Waals surface area contributed by atoms with Gasteiger partial charge in [0.15, 0.2) is 0 Å². The van der Waals surface area contributed by atoms with Gasteiger partial charge in [0.25, 0.3) is 0 Å². The third-order valence-corrected chi connectivity index (χ3v) is 3.37. The number of hydrogen-bond donors (Lipinski definition) is 2. The van der Waals surface area contributed by atoms with Crippen molar-refractivity contribution >= 4 is 11.0 Å². The number of hydrogen-bond acceptors (Lipinski definition) is 3. The summed E-state index contributed by atoms with van der Waals surface area (Å²) in [6, 6.07) is 6.12. The molecule has 17 heavy (non-hydrogen) atoms. The van der Waals surface area contributed by atoms with Gasteiger partial charge in [-0.15, -0.1) is 0 Å². The molecular weight excluding hydrogens is 221 g/mol. The van der Waals surface area contributed by atoms with Crippen LogP contribution in [0.4, 0.5) is 4.39 Å². The quantitative estimate of drug-likeness (QED) is 0.796. The van der Waals surface area contributed by atoms with Gasteiger partial charge in [0, 0.05) is 5.39 Å². The summed E-state index contributed by atoms with van der Waals surface area (Å²) in [5.41, 5.74) is -0.297. The highest BCUT2D eigenvalue weighted by molar-refractivity contribution is 5.78. The molecule has 0 atom stereocenters. The maximum absolute atomic E-state index is 13.1. The van der Waals surface area contributed by atoms with Gasteiger partial charge in [0.2, 0.25) is 0 Å². The minimum Gasteiger partial charge on any atom is -0.458 e. The van der Waals surface area contributed by atoms with Crippen molar-refractivity contribution in [3.63, 3.8) is 0 Å². The highest BCUT2D eigenvalue weighted by Crippen LogP contribution is 2.34. The highest BCUT2D eigenvalue weighted by atomic mass is 19.1. The molecule has 0 spiro atoms. The minimum absolute atomic E-state index is 0.290. The number of fused-ring (bicyclic) bond motifs is 1. The summed E-state index contributed by atoms with van der Waals surface area (Å²) in [6.07, 6.45) is 1.24. The van der Waals surface area contributed by atoms with E-state index < -0.39 is 5.60 Å². The van der Waals surface area contributed by atoms with E-state index in [1.807, 2.05) is 0 Å². The summed E-state index contributed by atoms with van der Waals surface area (Å²) in [7, 11) is 0. The summed E-state index contributed by atoms with van der Waals surface area (Å²) < 4.78 is 18.7. The van der Waals surface area contributed by atoms with Crippen molar-refractivity contribution in [1.82, 2.24) is 5.32 Å². The van der Waals surface area contributed by atoms with Crippen LogP contribution in [0.5, 0.6) is 0 Å². The largest absolute Gasteiger partial charge is 0.458 e. The minimum atomic E-state index is -0.916. The van der Waals surface area contributed by atoms with Crippen LogP contribution in [-0.2, 0) is 5.60 Å². The second-order valence-corrected chi connectivity index (χ2v) is 4.57. The number of furan rings is 1. The van der Waals surface area contributed by atoms with E-state index in [1.54, 1.807) is 12.1 Å². The lowest BCUT2D eigenvalue weighted by atomic mass is 9.90. The van der Waals surface area contributed by atoms with Gasteiger partial charge in [-0.25, -0.2) is 4.39 Å². The molecule has 0 bridgehead atoms. The van der Waals surface area contributed by atoms with E-state index in [2.05, 4.69) is 5.32 Å². The smallest absolute Gasteiger partial charge is 0.136 e. The first kappa shape index (κ1) is 10.7. The van der Waals surface area contributed by atoms with Crippen molar-refractivity contribution < 1.29 is 13.9 Å². The van der Waals surface area contributed by atoms with E-state index in [0.717, 1.165) is 13.1 Å². The monoisotopic (exact) mass is 235 g/mol. The Labute approximate surface area is 98.2 Å². The Morgan fingerprint density at radius 2 is 2.00 bits per heavy atom. The zero-order valence-corrected chi connectivity index (χ0v) is 9.37. The molecule has 2 N–H and O–H groups in total. The molecule has 1 aromatic heterocycles. The summed E-state index contributed by atoms with van der Waals surface area (Å²) in [4.78, 5) is 0. The molecule has 3 rings (SSSR count). The second-order valence-electron chi connectivity index (χ2n) is 4.57. The van der Waals surface area contributed by atoms with Crippen molar-refractivity contribution in [2.75, 3.05) is 13.1 Å². The third kappa shape index (κ3) is 1.83. The van der Waals surface area contributed by atoms with Gasteiger partial charge in [-0.05, 0) is 50.2 Å². The fraction of sp³-hybridized carbons (Fsp3) is 0.385. The van der Waals surface area contributed by atoms with Crippen LogP contribution < -0.4 is 5.32 Å². The second kappa shape index (κ2) is 3.82. The van der Waals surface area contributed by atoms with Gasteiger partial charge in [-0.3, -0.25) is 0 Å². The van der Waals surface area contributed by atoms with Gasteiger partial charge < -0.3 is 14.8 Å². The Morgan fingerprint density at radius 3 is 2.76 bits per heavy atom.